The Balaban J connectivity index is 2.66. The third kappa shape index (κ3) is 1.29. The van der Waals surface area contributed by atoms with Gasteiger partial charge in [0.2, 0.25) is 11.6 Å². The topological polar surface area (TPSA) is 26.3 Å². The number of benzene rings is 1. The summed E-state index contributed by atoms with van der Waals surface area (Å²) in [6, 6.07) is 0. The molecule has 1 aromatic rings. The highest BCUT2D eigenvalue weighted by Crippen LogP contribution is 2.40. The van der Waals surface area contributed by atoms with Crippen molar-refractivity contribution in [2.75, 3.05) is 0 Å². The Morgan fingerprint density at radius 3 is 2.25 bits per heavy atom. The fourth-order valence-corrected chi connectivity index (χ4v) is 1.61. The summed E-state index contributed by atoms with van der Waals surface area (Å²) in [6.45, 7) is 1.27. The molecule has 0 radical (unpaired) electrons. The summed E-state index contributed by atoms with van der Waals surface area (Å²) < 4.78 is 57.0. The number of halogens is 4. The lowest BCUT2D eigenvalue weighted by Crippen LogP contribution is -2.31. The van der Waals surface area contributed by atoms with Crippen molar-refractivity contribution in [3.63, 3.8) is 0 Å². The quantitative estimate of drug-likeness (QED) is 0.322. The van der Waals surface area contributed by atoms with E-state index in [1.165, 1.54) is 6.92 Å². The molecule has 0 saturated carbocycles. The van der Waals surface area contributed by atoms with Crippen molar-refractivity contribution in [2.45, 2.75) is 18.9 Å². The summed E-state index contributed by atoms with van der Waals surface area (Å²) in [7, 11) is 0. The first kappa shape index (κ1) is 10.9. The zero-order valence-corrected chi connectivity index (χ0v) is 8.11. The van der Waals surface area contributed by atoms with Gasteiger partial charge in [-0.25, -0.2) is 13.2 Å². The molecule has 0 spiro atoms. The third-order valence-corrected chi connectivity index (χ3v) is 2.43. The summed E-state index contributed by atoms with van der Waals surface area (Å²) >= 11 is 0. The molecule has 0 aromatic heterocycles. The summed E-state index contributed by atoms with van der Waals surface area (Å²) in [5.74, 6) is -7.69. The molecule has 2 rings (SSSR count). The number of carbonyl (C=O) groups is 1. The van der Waals surface area contributed by atoms with E-state index in [2.05, 4.69) is 0 Å². The molecule has 0 bridgehead atoms. The van der Waals surface area contributed by atoms with Gasteiger partial charge in [-0.1, -0.05) is 0 Å². The minimum Gasteiger partial charge on any atom is -0.476 e. The van der Waals surface area contributed by atoms with Crippen LogP contribution in [-0.4, -0.2) is 11.9 Å². The SMILES string of the molecule is CC1(C=O)Cc2c(F)c(F)c(F)c(F)c2O1. The van der Waals surface area contributed by atoms with Crippen LogP contribution in [0.3, 0.4) is 0 Å². The lowest BCUT2D eigenvalue weighted by atomic mass is 10.0. The molecule has 0 amide bonds. The monoisotopic (exact) mass is 234 g/mol. The van der Waals surface area contributed by atoms with Crippen molar-refractivity contribution in [3.8, 4) is 5.75 Å². The third-order valence-electron chi connectivity index (χ3n) is 2.43. The molecule has 6 heteroatoms. The second-order valence-corrected chi connectivity index (χ2v) is 3.77. The largest absolute Gasteiger partial charge is 0.476 e. The van der Waals surface area contributed by atoms with Crippen LogP contribution in [0.25, 0.3) is 0 Å². The van der Waals surface area contributed by atoms with Gasteiger partial charge >= 0.3 is 0 Å². The van der Waals surface area contributed by atoms with Gasteiger partial charge in [0, 0.05) is 12.0 Å². The van der Waals surface area contributed by atoms with Crippen LogP contribution >= 0.6 is 0 Å². The number of fused-ring (bicyclic) bond motifs is 1. The van der Waals surface area contributed by atoms with Crippen molar-refractivity contribution in [3.05, 3.63) is 28.8 Å². The lowest BCUT2D eigenvalue weighted by Gasteiger charge is -2.15. The van der Waals surface area contributed by atoms with Crippen LogP contribution in [0.2, 0.25) is 0 Å². The maximum absolute atomic E-state index is 13.2. The molecular formula is C10H6F4O2. The van der Waals surface area contributed by atoms with Gasteiger partial charge in [0.25, 0.3) is 0 Å². The first-order chi connectivity index (χ1) is 7.39. The molecule has 1 atom stereocenters. The predicted molar refractivity (Wildman–Crippen MR) is 45.1 cm³/mol. The van der Waals surface area contributed by atoms with Crippen LogP contribution in [0.1, 0.15) is 12.5 Å². The van der Waals surface area contributed by atoms with Crippen molar-refractivity contribution in [1.82, 2.24) is 0 Å². The maximum atomic E-state index is 13.2. The van der Waals surface area contributed by atoms with Crippen molar-refractivity contribution in [1.29, 1.82) is 0 Å². The Kier molecular flexibility index (Phi) is 2.18. The van der Waals surface area contributed by atoms with E-state index >= 15 is 0 Å². The minimum absolute atomic E-state index is 0.328. The molecule has 1 aliphatic heterocycles. The zero-order valence-electron chi connectivity index (χ0n) is 8.11. The maximum Gasteiger partial charge on any atom is 0.204 e. The fraction of sp³-hybridized carbons (Fsp3) is 0.300. The highest BCUT2D eigenvalue weighted by molar-refractivity contribution is 5.66. The van der Waals surface area contributed by atoms with Gasteiger partial charge in [0.05, 0.1) is 0 Å². The molecule has 0 N–H and O–H groups in total. The highest BCUT2D eigenvalue weighted by Gasteiger charge is 2.41. The Labute approximate surface area is 87.8 Å². The molecule has 1 heterocycles. The summed E-state index contributed by atoms with van der Waals surface area (Å²) in [6.07, 6.45) is 0.00742. The average Bonchev–Trinajstić information content (AvgIpc) is 2.63. The second-order valence-electron chi connectivity index (χ2n) is 3.77. The Bertz CT molecular complexity index is 447. The van der Waals surface area contributed by atoms with Crippen LogP contribution in [0.5, 0.6) is 5.75 Å². The number of aldehydes is 1. The van der Waals surface area contributed by atoms with Gasteiger partial charge in [-0.2, -0.15) is 4.39 Å². The van der Waals surface area contributed by atoms with Gasteiger partial charge < -0.3 is 4.74 Å². The summed E-state index contributed by atoms with van der Waals surface area (Å²) in [5, 5.41) is 0. The van der Waals surface area contributed by atoms with E-state index in [4.69, 9.17) is 4.74 Å². The van der Waals surface area contributed by atoms with Crippen LogP contribution in [0, 0.1) is 23.3 Å². The Morgan fingerprint density at radius 1 is 1.12 bits per heavy atom. The van der Waals surface area contributed by atoms with E-state index in [1.54, 1.807) is 0 Å². The number of hydrogen-bond donors (Lipinski definition) is 0. The van der Waals surface area contributed by atoms with Gasteiger partial charge in [0.1, 0.15) is 0 Å². The molecule has 1 unspecified atom stereocenters. The second kappa shape index (κ2) is 3.20. The molecular weight excluding hydrogens is 228 g/mol. The van der Waals surface area contributed by atoms with E-state index in [0.29, 0.717) is 6.29 Å². The molecule has 1 aromatic carbocycles. The first-order valence-corrected chi connectivity index (χ1v) is 4.40. The van der Waals surface area contributed by atoms with Crippen LogP contribution in [-0.2, 0) is 11.2 Å². The van der Waals surface area contributed by atoms with Gasteiger partial charge in [-0.15, -0.1) is 0 Å². The molecule has 0 saturated heterocycles. The summed E-state index contributed by atoms with van der Waals surface area (Å²) in [5.41, 5.74) is -1.93. The Hall–Kier alpha value is -1.59. The number of carbonyl (C=O) groups excluding carboxylic acids is 1. The fourth-order valence-electron chi connectivity index (χ4n) is 1.61. The molecule has 86 valence electrons. The smallest absolute Gasteiger partial charge is 0.204 e. The number of rotatable bonds is 1. The zero-order chi connectivity index (χ0) is 12.1. The predicted octanol–water partition coefficient (Wildman–Crippen LogP) is 2.14. The number of ether oxygens (including phenoxy) is 1. The normalized spacial score (nSPS) is 22.8. The van der Waals surface area contributed by atoms with E-state index < -0.39 is 40.2 Å². The minimum atomic E-state index is -1.94. The average molecular weight is 234 g/mol. The Morgan fingerprint density at radius 2 is 1.69 bits per heavy atom. The first-order valence-electron chi connectivity index (χ1n) is 4.40. The number of hydrogen-bond acceptors (Lipinski definition) is 2. The van der Waals surface area contributed by atoms with E-state index in [0.717, 1.165) is 0 Å². The summed E-state index contributed by atoms with van der Waals surface area (Å²) in [4.78, 5) is 10.6. The van der Waals surface area contributed by atoms with Crippen LogP contribution < -0.4 is 4.74 Å². The van der Waals surface area contributed by atoms with Gasteiger partial charge in [0.15, 0.2) is 29.3 Å². The van der Waals surface area contributed by atoms with E-state index in [9.17, 15) is 22.4 Å². The highest BCUT2D eigenvalue weighted by atomic mass is 19.2. The van der Waals surface area contributed by atoms with Gasteiger partial charge in [-0.3, -0.25) is 4.79 Å². The van der Waals surface area contributed by atoms with Crippen LogP contribution in [0.4, 0.5) is 17.6 Å². The van der Waals surface area contributed by atoms with Crippen molar-refractivity contribution >= 4 is 6.29 Å². The standard InChI is InChI=1S/C10H6F4O2/c1-10(3-15)2-4-5(11)6(12)7(13)8(14)9(4)16-10/h3H,2H2,1H3. The van der Waals surface area contributed by atoms with Crippen molar-refractivity contribution in [2.24, 2.45) is 0 Å². The lowest BCUT2D eigenvalue weighted by molar-refractivity contribution is -0.119. The molecule has 0 aliphatic carbocycles. The van der Waals surface area contributed by atoms with Gasteiger partial charge in [-0.05, 0) is 6.92 Å². The molecule has 1 aliphatic rings. The van der Waals surface area contributed by atoms with Crippen molar-refractivity contribution < 1.29 is 27.1 Å². The van der Waals surface area contributed by atoms with Crippen LogP contribution in [0.15, 0.2) is 0 Å². The molecule has 16 heavy (non-hydrogen) atoms. The van der Waals surface area contributed by atoms with E-state index in [1.807, 2.05) is 0 Å². The molecule has 0 fully saturated rings. The molecule has 2 nitrogen and oxygen atoms in total. The van der Waals surface area contributed by atoms with E-state index in [-0.39, 0.29) is 6.42 Å².